The van der Waals surface area contributed by atoms with Crippen molar-refractivity contribution in [1.82, 2.24) is 50.1 Å². The van der Waals surface area contributed by atoms with Gasteiger partial charge in [0, 0.05) is 70.3 Å². The molecule has 0 radical (unpaired) electrons. The maximum Gasteiger partial charge on any atom is 0.422 e. The average molecular weight is 1040 g/mol. The number of rotatable bonds is 10. The van der Waals surface area contributed by atoms with E-state index in [0.717, 1.165) is 21.1 Å². The summed E-state index contributed by atoms with van der Waals surface area (Å²) < 4.78 is 147. The number of fused-ring (bicyclic) bond motifs is 6. The van der Waals surface area contributed by atoms with Crippen molar-refractivity contribution in [2.75, 3.05) is 64.0 Å². The summed E-state index contributed by atoms with van der Waals surface area (Å²) >= 11 is 5.68. The molecule has 2 aromatic carbocycles. The van der Waals surface area contributed by atoms with Crippen LogP contribution in [0.3, 0.4) is 0 Å². The van der Waals surface area contributed by atoms with E-state index < -0.39 is 103 Å². The summed E-state index contributed by atoms with van der Waals surface area (Å²) in [7, 11) is 2.74. The third kappa shape index (κ3) is 11.9. The number of urea groups is 2. The quantitative estimate of drug-likeness (QED) is 0.114. The van der Waals surface area contributed by atoms with E-state index in [2.05, 4.69) is 26.1 Å². The fourth-order valence-electron chi connectivity index (χ4n) is 8.06. The SMILES string of the molecule is CN1O[C@H](CNCC(F)F)Cn2nc3c(c2C1=O)CN(C(=O)Nc1cc(Cl)c(F)cc1F)CC3.CN1O[C@H](CNCC(F)F)Cn2nc3c(c2C1=O)CN(C(=O)Nc1ccc(F)c(C(F)(F)F)c1F)CC3. The van der Waals surface area contributed by atoms with Crippen LogP contribution >= 0.6 is 11.6 Å². The van der Waals surface area contributed by atoms with E-state index in [9.17, 15) is 67.5 Å². The van der Waals surface area contributed by atoms with Crippen LogP contribution in [0.25, 0.3) is 0 Å². The van der Waals surface area contributed by atoms with Crippen molar-refractivity contribution in [1.29, 1.82) is 0 Å². The normalized spacial score (nSPS) is 18.1. The molecule has 2 aromatic heterocycles. The van der Waals surface area contributed by atoms with E-state index in [4.69, 9.17) is 21.3 Å². The highest BCUT2D eigenvalue weighted by atomic mass is 35.5. The van der Waals surface area contributed by atoms with E-state index in [0.29, 0.717) is 47.1 Å². The van der Waals surface area contributed by atoms with Crippen LogP contribution in [0.5, 0.6) is 0 Å². The summed E-state index contributed by atoms with van der Waals surface area (Å²) in [5.74, 6) is -6.81. The first-order chi connectivity index (χ1) is 33.5. The third-order valence-corrected chi connectivity index (χ3v) is 11.6. The van der Waals surface area contributed by atoms with E-state index in [1.807, 2.05) is 5.32 Å². The molecule has 0 unspecified atom stereocenters. The minimum atomic E-state index is -5.31. The minimum absolute atomic E-state index is 0.00358. The van der Waals surface area contributed by atoms with Crippen LogP contribution < -0.4 is 21.3 Å². The summed E-state index contributed by atoms with van der Waals surface area (Å²) in [5, 5.41) is 20.0. The highest BCUT2D eigenvalue weighted by molar-refractivity contribution is 6.31. The molecule has 8 rings (SSSR count). The second-order valence-corrected chi connectivity index (χ2v) is 16.7. The van der Waals surface area contributed by atoms with Gasteiger partial charge in [0.25, 0.3) is 24.7 Å². The van der Waals surface area contributed by atoms with Crippen LogP contribution in [0.15, 0.2) is 24.3 Å². The number of carbonyl (C=O) groups excluding carboxylic acids is 4. The van der Waals surface area contributed by atoms with Crippen molar-refractivity contribution in [3.63, 3.8) is 0 Å². The van der Waals surface area contributed by atoms with Crippen molar-refractivity contribution in [3.05, 3.63) is 92.0 Å². The molecular formula is C41H42ClF11N12O6. The van der Waals surface area contributed by atoms with Crippen LogP contribution in [0.4, 0.5) is 69.3 Å². The van der Waals surface area contributed by atoms with Gasteiger partial charge in [-0.3, -0.25) is 28.6 Å². The molecule has 4 N–H and O–H groups in total. The molecule has 0 fully saturated rings. The number of alkyl halides is 7. The lowest BCUT2D eigenvalue weighted by molar-refractivity contribution is -0.146. The molecule has 2 atom stereocenters. The van der Waals surface area contributed by atoms with Crippen molar-refractivity contribution in [3.8, 4) is 0 Å². The first kappa shape index (κ1) is 52.5. The van der Waals surface area contributed by atoms with E-state index in [-0.39, 0.29) is 80.9 Å². The molecule has 4 aromatic rings. The maximum absolute atomic E-state index is 14.4. The summed E-state index contributed by atoms with van der Waals surface area (Å²) in [6, 6.07) is 0.996. The zero-order valence-corrected chi connectivity index (χ0v) is 37.9. The number of benzene rings is 2. The van der Waals surface area contributed by atoms with Crippen molar-refractivity contribution < 1.29 is 77.1 Å². The number of nitrogens with zero attached hydrogens (tertiary/aromatic N) is 8. The Kier molecular flexibility index (Phi) is 16.0. The molecule has 18 nitrogen and oxygen atoms in total. The molecule has 0 bridgehead atoms. The van der Waals surface area contributed by atoms with Gasteiger partial charge in [-0.1, -0.05) is 11.6 Å². The lowest BCUT2D eigenvalue weighted by Crippen LogP contribution is -2.40. The monoisotopic (exact) mass is 1040 g/mol. The Morgan fingerprint density at radius 1 is 0.718 bits per heavy atom. The van der Waals surface area contributed by atoms with E-state index >= 15 is 0 Å². The fraction of sp³-hybridized carbons (Fsp3) is 0.463. The number of aromatic nitrogens is 4. The lowest BCUT2D eigenvalue weighted by Gasteiger charge is -2.27. The van der Waals surface area contributed by atoms with Gasteiger partial charge in [0.2, 0.25) is 0 Å². The highest BCUT2D eigenvalue weighted by Crippen LogP contribution is 2.37. The van der Waals surface area contributed by atoms with Crippen molar-refractivity contribution in [2.45, 2.75) is 70.3 Å². The minimum Gasteiger partial charge on any atom is -0.320 e. The molecule has 30 heteroatoms. The zero-order chi connectivity index (χ0) is 51.6. The third-order valence-electron chi connectivity index (χ3n) is 11.3. The summed E-state index contributed by atoms with van der Waals surface area (Å²) in [6.07, 6.45) is -11.2. The molecule has 0 saturated heterocycles. The predicted molar refractivity (Wildman–Crippen MR) is 225 cm³/mol. The van der Waals surface area contributed by atoms with Gasteiger partial charge in [0.05, 0.1) is 67.1 Å². The molecule has 4 aliphatic heterocycles. The summed E-state index contributed by atoms with van der Waals surface area (Å²) in [6.45, 7) is -0.693. The van der Waals surface area contributed by atoms with Gasteiger partial charge in [-0.15, -0.1) is 0 Å². The molecule has 386 valence electrons. The van der Waals surface area contributed by atoms with Gasteiger partial charge >= 0.3 is 18.2 Å². The molecule has 0 spiro atoms. The Balaban J connectivity index is 0.000000209. The maximum atomic E-state index is 14.4. The average Bonchev–Trinajstić information content (AvgIpc) is 3.77. The number of hydrogen-bond acceptors (Lipinski definition) is 10. The van der Waals surface area contributed by atoms with Gasteiger partial charge in [0.1, 0.15) is 46.6 Å². The summed E-state index contributed by atoms with van der Waals surface area (Å²) in [4.78, 5) is 65.0. The Labute approximate surface area is 399 Å². The van der Waals surface area contributed by atoms with Crippen LogP contribution in [-0.4, -0.2) is 142 Å². The Morgan fingerprint density at radius 2 is 1.18 bits per heavy atom. The number of hydrogen-bond donors (Lipinski definition) is 4. The molecular weight excluding hydrogens is 1000 g/mol. The first-order valence-electron chi connectivity index (χ1n) is 21.4. The molecule has 6 amide bonds. The second kappa shape index (κ2) is 21.6. The Bertz CT molecular complexity index is 2670. The smallest absolute Gasteiger partial charge is 0.320 e. The molecule has 0 saturated carbocycles. The van der Waals surface area contributed by atoms with E-state index in [1.165, 1.54) is 28.4 Å². The second-order valence-electron chi connectivity index (χ2n) is 16.3. The largest absolute Gasteiger partial charge is 0.422 e. The fourth-order valence-corrected chi connectivity index (χ4v) is 8.23. The van der Waals surface area contributed by atoms with Crippen molar-refractivity contribution in [2.24, 2.45) is 0 Å². The van der Waals surface area contributed by atoms with Gasteiger partial charge in [-0.2, -0.15) is 23.4 Å². The lowest BCUT2D eigenvalue weighted by atomic mass is 10.0. The van der Waals surface area contributed by atoms with Crippen molar-refractivity contribution >= 4 is 46.9 Å². The number of anilines is 2. The van der Waals surface area contributed by atoms with Crippen LogP contribution in [0.1, 0.15) is 49.1 Å². The number of amides is 6. The number of hydroxylamine groups is 4. The number of carbonyl (C=O) groups is 4. The van der Waals surface area contributed by atoms with Gasteiger partial charge < -0.3 is 31.1 Å². The van der Waals surface area contributed by atoms with Gasteiger partial charge in [-0.25, -0.2) is 54.8 Å². The van der Waals surface area contributed by atoms with Crippen LogP contribution in [-0.2, 0) is 54.9 Å². The number of halogens is 12. The van der Waals surface area contributed by atoms with Crippen LogP contribution in [0.2, 0.25) is 5.02 Å². The molecule has 6 heterocycles. The Morgan fingerprint density at radius 3 is 1.63 bits per heavy atom. The standard InChI is InChI=1S/C21H21F7N6O3.C20H21ClF4N6O3/c1-32-19(35)18-11-9-33(20(36)30-14-3-2-12(22)16(17(14)25)21(26,27)28)5-4-13(11)31-34(18)8-10(37-32)6-29-7-15(23)24;1-29-19(32)18-11-9-30(20(33)27-16-4-12(21)13(22)5-14(16)23)3-2-15(11)28-31(18)8-10(34-29)6-26-7-17(24)25/h2-3,10,15,29H,4-9H2,1H3,(H,30,36);4-5,10,17,26H,2-3,6-9H2,1H3,(H,27,33)/t2*10-/m11/s1. The Hall–Kier alpha value is -6.30. The topological polar surface area (TPSA) is 183 Å². The van der Waals surface area contributed by atoms with Gasteiger partial charge in [0.15, 0.2) is 5.82 Å². The molecule has 4 aliphatic rings. The highest BCUT2D eigenvalue weighted by Gasteiger charge is 2.41. The number of nitrogens with one attached hydrogen (secondary N) is 4. The first-order valence-corrected chi connectivity index (χ1v) is 21.7. The predicted octanol–water partition coefficient (Wildman–Crippen LogP) is 5.66. The van der Waals surface area contributed by atoms with Gasteiger partial charge in [-0.05, 0) is 18.2 Å². The van der Waals surface area contributed by atoms with E-state index in [1.54, 1.807) is 0 Å². The summed E-state index contributed by atoms with van der Waals surface area (Å²) in [5.41, 5.74) is -0.951. The van der Waals surface area contributed by atoms with Crippen LogP contribution in [0, 0.1) is 23.3 Å². The zero-order valence-electron chi connectivity index (χ0n) is 37.2. The molecule has 71 heavy (non-hydrogen) atoms. The molecule has 0 aliphatic carbocycles.